The zero-order valence-electron chi connectivity index (χ0n) is 10.8. The summed E-state index contributed by atoms with van der Waals surface area (Å²) in [4.78, 5) is 0. The van der Waals surface area contributed by atoms with Crippen molar-refractivity contribution in [2.24, 2.45) is 0 Å². The lowest BCUT2D eigenvalue weighted by molar-refractivity contribution is 0.317. The first-order valence-corrected chi connectivity index (χ1v) is 6.89. The molecule has 0 aliphatic carbocycles. The largest absolute Gasteiger partial charge is 0.304 e. The molecule has 0 amide bonds. The molecule has 4 rings (SSSR count). The SMILES string of the molecule is [C]1c2ccccc2CN1N1CCCc2ccccc21. The third-order valence-electron chi connectivity index (χ3n) is 3.96. The number of hydrogen-bond acceptors (Lipinski definition) is 2. The van der Waals surface area contributed by atoms with E-state index in [9.17, 15) is 0 Å². The summed E-state index contributed by atoms with van der Waals surface area (Å²) in [6, 6.07) is 17.2. The Morgan fingerprint density at radius 3 is 2.58 bits per heavy atom. The second kappa shape index (κ2) is 4.39. The maximum atomic E-state index is 3.50. The van der Waals surface area contributed by atoms with Gasteiger partial charge in [-0.15, -0.1) is 0 Å². The lowest BCUT2D eigenvalue weighted by atomic mass is 10.0. The van der Waals surface area contributed by atoms with Gasteiger partial charge >= 0.3 is 0 Å². The van der Waals surface area contributed by atoms with Crippen LogP contribution in [0.15, 0.2) is 48.5 Å². The quantitative estimate of drug-likeness (QED) is 0.764. The van der Waals surface area contributed by atoms with Gasteiger partial charge < -0.3 is 5.01 Å². The molecule has 0 spiro atoms. The van der Waals surface area contributed by atoms with Crippen molar-refractivity contribution in [1.29, 1.82) is 0 Å². The molecule has 0 bridgehead atoms. The molecule has 2 aliphatic heterocycles. The molecule has 94 valence electrons. The molecule has 2 heteroatoms. The summed E-state index contributed by atoms with van der Waals surface area (Å²) >= 11 is 0. The highest BCUT2D eigenvalue weighted by molar-refractivity contribution is 5.55. The van der Waals surface area contributed by atoms with E-state index in [4.69, 9.17) is 0 Å². The van der Waals surface area contributed by atoms with E-state index in [0.717, 1.165) is 13.1 Å². The zero-order valence-corrected chi connectivity index (χ0v) is 10.8. The maximum absolute atomic E-state index is 3.50. The summed E-state index contributed by atoms with van der Waals surface area (Å²) in [6.07, 6.45) is 2.40. The molecule has 0 unspecified atom stereocenters. The van der Waals surface area contributed by atoms with Crippen molar-refractivity contribution in [3.63, 3.8) is 0 Å². The number of benzene rings is 2. The molecular formula is C17H16N2. The monoisotopic (exact) mass is 248 g/mol. The van der Waals surface area contributed by atoms with Crippen molar-refractivity contribution in [1.82, 2.24) is 5.01 Å². The number of anilines is 1. The van der Waals surface area contributed by atoms with Gasteiger partial charge in [0.05, 0.1) is 5.69 Å². The molecule has 2 aromatic carbocycles. The topological polar surface area (TPSA) is 6.48 Å². The number of para-hydroxylation sites is 1. The molecule has 0 fully saturated rings. The highest BCUT2D eigenvalue weighted by atomic mass is 15.6. The summed E-state index contributed by atoms with van der Waals surface area (Å²) in [5.74, 6) is 0. The van der Waals surface area contributed by atoms with Crippen molar-refractivity contribution >= 4 is 5.69 Å². The fraction of sp³-hybridized carbons (Fsp3) is 0.235. The van der Waals surface area contributed by atoms with Crippen LogP contribution < -0.4 is 5.01 Å². The van der Waals surface area contributed by atoms with Crippen LogP contribution in [0.1, 0.15) is 23.1 Å². The van der Waals surface area contributed by atoms with Crippen LogP contribution in [-0.4, -0.2) is 11.6 Å². The van der Waals surface area contributed by atoms with E-state index in [2.05, 4.69) is 65.1 Å². The number of aryl methyl sites for hydroxylation is 1. The molecule has 19 heavy (non-hydrogen) atoms. The Hall–Kier alpha value is -1.80. The molecule has 2 aliphatic rings. The number of fused-ring (bicyclic) bond motifs is 2. The zero-order chi connectivity index (χ0) is 12.7. The number of hydrazine groups is 1. The van der Waals surface area contributed by atoms with Crippen LogP contribution in [0.25, 0.3) is 0 Å². The van der Waals surface area contributed by atoms with E-state index >= 15 is 0 Å². The third kappa shape index (κ3) is 1.83. The normalized spacial score (nSPS) is 18.2. The molecule has 2 aromatic rings. The van der Waals surface area contributed by atoms with Gasteiger partial charge in [-0.2, -0.15) is 0 Å². The Kier molecular flexibility index (Phi) is 2.56. The Morgan fingerprint density at radius 2 is 1.68 bits per heavy atom. The summed E-state index contributed by atoms with van der Waals surface area (Å²) in [7, 11) is 0. The third-order valence-corrected chi connectivity index (χ3v) is 3.96. The number of nitrogens with zero attached hydrogens (tertiary/aromatic N) is 2. The summed E-state index contributed by atoms with van der Waals surface area (Å²) in [5, 5.41) is 4.61. The van der Waals surface area contributed by atoms with Crippen molar-refractivity contribution < 1.29 is 0 Å². The Labute approximate surface area is 114 Å². The van der Waals surface area contributed by atoms with Gasteiger partial charge in [-0.25, -0.2) is 5.01 Å². The minimum Gasteiger partial charge on any atom is -0.304 e. The molecule has 0 saturated heterocycles. The Morgan fingerprint density at radius 1 is 0.895 bits per heavy atom. The van der Waals surface area contributed by atoms with Gasteiger partial charge in [0, 0.05) is 13.1 Å². The standard InChI is InChI=1S/C17H16N2/c1-2-8-16-13-18(12-15(16)7-1)19-11-5-9-14-6-3-4-10-17(14)19/h1-4,6-8,10H,5,9,11-12H2. The minimum absolute atomic E-state index is 0.935. The van der Waals surface area contributed by atoms with E-state index in [1.165, 1.54) is 35.2 Å². The lowest BCUT2D eigenvalue weighted by Crippen LogP contribution is -2.41. The van der Waals surface area contributed by atoms with Gasteiger partial charge in [0.25, 0.3) is 0 Å². The molecule has 0 atom stereocenters. The van der Waals surface area contributed by atoms with Crippen LogP contribution in [0, 0.1) is 6.54 Å². The predicted octanol–water partition coefficient (Wildman–Crippen LogP) is 3.26. The molecule has 0 saturated carbocycles. The second-order valence-electron chi connectivity index (χ2n) is 5.18. The van der Waals surface area contributed by atoms with Crippen LogP contribution >= 0.6 is 0 Å². The van der Waals surface area contributed by atoms with E-state index in [0.29, 0.717) is 0 Å². The van der Waals surface area contributed by atoms with Gasteiger partial charge in [-0.1, -0.05) is 42.5 Å². The second-order valence-corrected chi connectivity index (χ2v) is 5.18. The smallest absolute Gasteiger partial charge is 0.119 e. The number of hydrogen-bond donors (Lipinski definition) is 0. The highest BCUT2D eigenvalue weighted by Gasteiger charge is 2.28. The predicted molar refractivity (Wildman–Crippen MR) is 76.4 cm³/mol. The van der Waals surface area contributed by atoms with Crippen molar-refractivity contribution in [3.05, 3.63) is 71.8 Å². The van der Waals surface area contributed by atoms with Gasteiger partial charge in [-0.3, -0.25) is 0 Å². The van der Waals surface area contributed by atoms with Crippen molar-refractivity contribution in [3.8, 4) is 0 Å². The molecule has 2 radical (unpaired) electrons. The fourth-order valence-corrected chi connectivity index (χ4v) is 3.02. The average molecular weight is 248 g/mol. The minimum atomic E-state index is 0.935. The summed E-state index contributed by atoms with van der Waals surface area (Å²) in [5.41, 5.74) is 5.39. The first-order valence-electron chi connectivity index (χ1n) is 6.89. The summed E-state index contributed by atoms with van der Waals surface area (Å²) in [6.45, 7) is 5.52. The van der Waals surface area contributed by atoms with Gasteiger partial charge in [0.1, 0.15) is 6.54 Å². The van der Waals surface area contributed by atoms with E-state index in [-0.39, 0.29) is 0 Å². The van der Waals surface area contributed by atoms with E-state index < -0.39 is 0 Å². The molecular weight excluding hydrogens is 232 g/mol. The van der Waals surface area contributed by atoms with E-state index in [1.807, 2.05) is 0 Å². The van der Waals surface area contributed by atoms with Crippen LogP contribution in [0.4, 0.5) is 5.69 Å². The van der Waals surface area contributed by atoms with Crippen LogP contribution in [0.2, 0.25) is 0 Å². The lowest BCUT2D eigenvalue weighted by Gasteiger charge is -2.37. The van der Waals surface area contributed by atoms with E-state index in [1.54, 1.807) is 0 Å². The first-order chi connectivity index (χ1) is 9.42. The summed E-state index contributed by atoms with van der Waals surface area (Å²) < 4.78 is 0. The van der Waals surface area contributed by atoms with Gasteiger partial charge in [0.2, 0.25) is 0 Å². The van der Waals surface area contributed by atoms with Gasteiger partial charge in [0.15, 0.2) is 0 Å². The highest BCUT2D eigenvalue weighted by Crippen LogP contribution is 2.33. The molecule has 2 nitrogen and oxygen atoms in total. The Bertz CT molecular complexity index is 581. The fourth-order valence-electron chi connectivity index (χ4n) is 3.02. The van der Waals surface area contributed by atoms with Gasteiger partial charge in [-0.05, 0) is 35.6 Å². The van der Waals surface area contributed by atoms with Crippen LogP contribution in [0.5, 0.6) is 0 Å². The Balaban J connectivity index is 1.66. The first kappa shape index (κ1) is 11.1. The van der Waals surface area contributed by atoms with Crippen molar-refractivity contribution in [2.45, 2.75) is 19.4 Å². The maximum Gasteiger partial charge on any atom is 0.119 e. The van der Waals surface area contributed by atoms with Crippen molar-refractivity contribution in [2.75, 3.05) is 11.6 Å². The van der Waals surface area contributed by atoms with Crippen LogP contribution in [0.3, 0.4) is 0 Å². The molecule has 0 aromatic heterocycles. The average Bonchev–Trinajstić information content (AvgIpc) is 2.90. The van der Waals surface area contributed by atoms with Crippen LogP contribution in [-0.2, 0) is 13.0 Å². The number of rotatable bonds is 1. The molecule has 0 N–H and O–H groups in total. The molecule has 2 heterocycles.